The molecule has 3 rings (SSSR count). The molecule has 0 aliphatic rings. The van der Waals surface area contributed by atoms with E-state index in [9.17, 15) is 4.79 Å². The van der Waals surface area contributed by atoms with Crippen LogP contribution in [0, 0.1) is 0 Å². The lowest BCUT2D eigenvalue weighted by Gasteiger charge is -2.11. The first-order valence-corrected chi connectivity index (χ1v) is 8.55. The van der Waals surface area contributed by atoms with Crippen LogP contribution in [0.1, 0.15) is 13.8 Å². The molecule has 0 unspecified atom stereocenters. The van der Waals surface area contributed by atoms with Crippen LogP contribution in [0.5, 0.6) is 5.75 Å². The molecule has 0 saturated carbocycles. The Labute approximate surface area is 144 Å². The van der Waals surface area contributed by atoms with Crippen LogP contribution in [-0.2, 0) is 4.79 Å². The van der Waals surface area contributed by atoms with Crippen molar-refractivity contribution in [3.05, 3.63) is 48.7 Å². The number of pyridine rings is 1. The number of amides is 1. The third-order valence-corrected chi connectivity index (χ3v) is 4.42. The predicted octanol–water partition coefficient (Wildman–Crippen LogP) is 3.25. The molecule has 0 fully saturated rings. The third-order valence-electron chi connectivity index (χ3n) is 3.37. The second-order valence-electron chi connectivity index (χ2n) is 5.12. The largest absolute Gasteiger partial charge is 0.494 e. The molecule has 0 saturated heterocycles. The van der Waals surface area contributed by atoms with Crippen LogP contribution in [-0.4, -0.2) is 32.4 Å². The maximum atomic E-state index is 12.4. The van der Waals surface area contributed by atoms with Crippen molar-refractivity contribution in [1.82, 2.24) is 14.6 Å². The van der Waals surface area contributed by atoms with Gasteiger partial charge >= 0.3 is 0 Å². The minimum absolute atomic E-state index is 0.0863. The molecule has 2 aromatic heterocycles. The van der Waals surface area contributed by atoms with Crippen molar-refractivity contribution in [3.8, 4) is 5.75 Å². The molecule has 1 N–H and O–H groups in total. The van der Waals surface area contributed by atoms with E-state index in [2.05, 4.69) is 15.5 Å². The smallest absolute Gasteiger partial charge is 0.237 e. The van der Waals surface area contributed by atoms with Gasteiger partial charge in [-0.05, 0) is 50.2 Å². The molecule has 0 bridgehead atoms. The van der Waals surface area contributed by atoms with E-state index < -0.39 is 0 Å². The van der Waals surface area contributed by atoms with Gasteiger partial charge in [0.1, 0.15) is 5.75 Å². The average Bonchev–Trinajstić information content (AvgIpc) is 3.00. The molecule has 1 aromatic carbocycles. The summed E-state index contributed by atoms with van der Waals surface area (Å²) >= 11 is 1.37. The van der Waals surface area contributed by atoms with Gasteiger partial charge in [-0.15, -0.1) is 10.2 Å². The van der Waals surface area contributed by atoms with Crippen molar-refractivity contribution in [2.45, 2.75) is 24.3 Å². The lowest BCUT2D eigenvalue weighted by molar-refractivity contribution is -0.115. The van der Waals surface area contributed by atoms with Gasteiger partial charge in [0.15, 0.2) is 10.8 Å². The average molecular weight is 342 g/mol. The summed E-state index contributed by atoms with van der Waals surface area (Å²) < 4.78 is 7.26. The minimum Gasteiger partial charge on any atom is -0.494 e. The number of ether oxygens (including phenoxy) is 1. The van der Waals surface area contributed by atoms with Crippen LogP contribution in [0.15, 0.2) is 53.8 Å². The fourth-order valence-corrected chi connectivity index (χ4v) is 2.99. The molecule has 0 aliphatic carbocycles. The highest BCUT2D eigenvalue weighted by Crippen LogP contribution is 2.23. The van der Waals surface area contributed by atoms with E-state index in [4.69, 9.17) is 4.74 Å². The molecule has 1 atom stereocenters. The van der Waals surface area contributed by atoms with E-state index >= 15 is 0 Å². The molecular formula is C17H18N4O2S. The number of hydrogen-bond donors (Lipinski definition) is 1. The van der Waals surface area contributed by atoms with Crippen molar-refractivity contribution in [1.29, 1.82) is 0 Å². The Balaban J connectivity index is 1.64. The van der Waals surface area contributed by atoms with Gasteiger partial charge in [-0.1, -0.05) is 17.8 Å². The summed E-state index contributed by atoms with van der Waals surface area (Å²) in [5.74, 6) is 0.699. The summed E-state index contributed by atoms with van der Waals surface area (Å²) in [6.45, 7) is 4.40. The monoisotopic (exact) mass is 342 g/mol. The molecule has 3 aromatic rings. The second-order valence-corrected chi connectivity index (χ2v) is 6.43. The zero-order valence-electron chi connectivity index (χ0n) is 13.5. The fourth-order valence-electron chi connectivity index (χ4n) is 2.16. The highest BCUT2D eigenvalue weighted by Gasteiger charge is 2.18. The van der Waals surface area contributed by atoms with Gasteiger partial charge in [-0.2, -0.15) is 0 Å². The molecule has 0 aliphatic heterocycles. The number of rotatable bonds is 6. The van der Waals surface area contributed by atoms with E-state index in [1.165, 1.54) is 11.8 Å². The fraction of sp³-hybridized carbons (Fsp3) is 0.235. The normalized spacial score (nSPS) is 12.1. The summed E-state index contributed by atoms with van der Waals surface area (Å²) in [4.78, 5) is 12.4. The molecular weight excluding hydrogens is 324 g/mol. The van der Waals surface area contributed by atoms with Crippen molar-refractivity contribution < 1.29 is 9.53 Å². The first-order valence-electron chi connectivity index (χ1n) is 7.67. The Morgan fingerprint density at radius 3 is 2.79 bits per heavy atom. The summed E-state index contributed by atoms with van der Waals surface area (Å²) in [5.41, 5.74) is 1.50. The maximum absolute atomic E-state index is 12.4. The van der Waals surface area contributed by atoms with Crippen LogP contribution in [0.25, 0.3) is 5.65 Å². The quantitative estimate of drug-likeness (QED) is 0.697. The van der Waals surface area contributed by atoms with Gasteiger partial charge < -0.3 is 10.1 Å². The predicted molar refractivity (Wildman–Crippen MR) is 94.5 cm³/mol. The van der Waals surface area contributed by atoms with Crippen LogP contribution in [0.4, 0.5) is 5.69 Å². The van der Waals surface area contributed by atoms with Gasteiger partial charge in [0.2, 0.25) is 5.91 Å². The first kappa shape index (κ1) is 16.3. The Morgan fingerprint density at radius 1 is 1.25 bits per heavy atom. The lowest BCUT2D eigenvalue weighted by Crippen LogP contribution is -2.22. The van der Waals surface area contributed by atoms with Gasteiger partial charge in [0.25, 0.3) is 0 Å². The Bertz CT molecular complexity index is 832. The van der Waals surface area contributed by atoms with E-state index in [-0.39, 0.29) is 11.2 Å². The Morgan fingerprint density at radius 2 is 2.04 bits per heavy atom. The molecule has 6 nitrogen and oxygen atoms in total. The topological polar surface area (TPSA) is 68.5 Å². The van der Waals surface area contributed by atoms with Crippen LogP contribution < -0.4 is 10.1 Å². The molecule has 2 heterocycles. The molecule has 7 heteroatoms. The number of nitrogens with one attached hydrogen (secondary N) is 1. The van der Waals surface area contributed by atoms with E-state index in [0.717, 1.165) is 17.1 Å². The SMILES string of the molecule is CCOc1ccc(NC(=O)[C@H](C)Sc2nnc3ccccn23)cc1. The molecule has 0 radical (unpaired) electrons. The molecule has 24 heavy (non-hydrogen) atoms. The van der Waals surface area contributed by atoms with Crippen molar-refractivity contribution in [2.24, 2.45) is 0 Å². The van der Waals surface area contributed by atoms with Gasteiger partial charge in [-0.25, -0.2) is 0 Å². The summed E-state index contributed by atoms with van der Waals surface area (Å²) in [5, 5.41) is 11.5. The first-order chi connectivity index (χ1) is 11.7. The van der Waals surface area contributed by atoms with E-state index in [1.54, 1.807) is 0 Å². The summed E-state index contributed by atoms with van der Waals surface area (Å²) in [6, 6.07) is 13.0. The number of hydrogen-bond acceptors (Lipinski definition) is 5. The van der Waals surface area contributed by atoms with E-state index in [0.29, 0.717) is 11.8 Å². The highest BCUT2D eigenvalue weighted by atomic mass is 32.2. The Kier molecular flexibility index (Phi) is 5.00. The van der Waals surface area contributed by atoms with E-state index in [1.807, 2.05) is 66.9 Å². The number of thioether (sulfide) groups is 1. The minimum atomic E-state index is -0.302. The lowest BCUT2D eigenvalue weighted by atomic mass is 10.3. The number of carbonyl (C=O) groups is 1. The molecule has 124 valence electrons. The molecule has 1 amide bonds. The molecule has 0 spiro atoms. The van der Waals surface area contributed by atoms with Gasteiger partial charge in [0.05, 0.1) is 11.9 Å². The Hall–Kier alpha value is -2.54. The zero-order chi connectivity index (χ0) is 16.9. The van der Waals surface area contributed by atoms with Crippen LogP contribution in [0.2, 0.25) is 0 Å². The maximum Gasteiger partial charge on any atom is 0.237 e. The zero-order valence-corrected chi connectivity index (χ0v) is 14.3. The van der Waals surface area contributed by atoms with Crippen molar-refractivity contribution in [2.75, 3.05) is 11.9 Å². The number of nitrogens with zero attached hydrogens (tertiary/aromatic N) is 3. The van der Waals surface area contributed by atoms with Crippen LogP contribution in [0.3, 0.4) is 0 Å². The number of anilines is 1. The van der Waals surface area contributed by atoms with Gasteiger partial charge in [0, 0.05) is 11.9 Å². The third kappa shape index (κ3) is 3.68. The van der Waals surface area contributed by atoms with Gasteiger partial charge in [-0.3, -0.25) is 9.20 Å². The number of benzene rings is 1. The van der Waals surface area contributed by atoms with Crippen molar-refractivity contribution >= 4 is 29.0 Å². The number of carbonyl (C=O) groups excluding carboxylic acids is 1. The highest BCUT2D eigenvalue weighted by molar-refractivity contribution is 8.00. The summed E-state index contributed by atoms with van der Waals surface area (Å²) in [6.07, 6.45) is 1.88. The number of aromatic nitrogens is 3. The summed E-state index contributed by atoms with van der Waals surface area (Å²) in [7, 11) is 0. The standard InChI is InChI=1S/C17H18N4O2S/c1-3-23-14-9-7-13(8-10-14)18-16(22)12(2)24-17-20-19-15-6-4-5-11-21(15)17/h4-12H,3H2,1-2H3,(H,18,22)/t12-/m0/s1. The van der Waals surface area contributed by atoms with Crippen molar-refractivity contribution in [3.63, 3.8) is 0 Å². The number of fused-ring (bicyclic) bond motifs is 1. The van der Waals surface area contributed by atoms with Crippen LogP contribution >= 0.6 is 11.8 Å². The second kappa shape index (κ2) is 7.35.